The highest BCUT2D eigenvalue weighted by Gasteiger charge is 2.22. The molecule has 1 fully saturated rings. The maximum absolute atomic E-state index is 5.25. The van der Waals surface area contributed by atoms with E-state index in [0.29, 0.717) is 5.92 Å². The van der Waals surface area contributed by atoms with Crippen molar-refractivity contribution in [2.45, 2.75) is 25.7 Å². The Balaban J connectivity index is 2.19. The topological polar surface area (TPSA) is 38.1 Å². The lowest BCUT2D eigenvalue weighted by Crippen LogP contribution is -2.08. The van der Waals surface area contributed by atoms with Gasteiger partial charge in [0, 0.05) is 18.0 Å². The Kier molecular flexibility index (Phi) is 2.13. The summed E-state index contributed by atoms with van der Waals surface area (Å²) in [6.45, 7) is 4.29. The second-order valence-corrected chi connectivity index (χ2v) is 3.26. The van der Waals surface area contributed by atoms with E-state index in [4.69, 9.17) is 4.52 Å². The van der Waals surface area contributed by atoms with E-state index >= 15 is 0 Å². The number of nitrogens with one attached hydrogen (secondary N) is 1. The lowest BCUT2D eigenvalue weighted by atomic mass is 10.0. The average molecular weight is 166 g/mol. The number of hydrogen-bond acceptors (Lipinski definition) is 3. The van der Waals surface area contributed by atoms with Crippen LogP contribution >= 0.6 is 0 Å². The Morgan fingerprint density at radius 1 is 1.75 bits per heavy atom. The number of aryl methyl sites for hydroxylation is 1. The SMILES string of the molecule is CCc1cnoc1C1CCNC1. The standard InChI is InChI=1S/C9H14N2O/c1-2-7-6-11-12-9(7)8-3-4-10-5-8/h6,8,10H,2-5H2,1H3. The zero-order valence-electron chi connectivity index (χ0n) is 7.34. The summed E-state index contributed by atoms with van der Waals surface area (Å²) in [4.78, 5) is 0. The molecule has 3 heteroatoms. The summed E-state index contributed by atoms with van der Waals surface area (Å²) in [5, 5.41) is 7.16. The van der Waals surface area contributed by atoms with Crippen molar-refractivity contribution in [2.75, 3.05) is 13.1 Å². The van der Waals surface area contributed by atoms with Crippen LogP contribution in [0.3, 0.4) is 0 Å². The summed E-state index contributed by atoms with van der Waals surface area (Å²) in [6, 6.07) is 0. The minimum absolute atomic E-state index is 0.558. The molecule has 12 heavy (non-hydrogen) atoms. The second kappa shape index (κ2) is 3.27. The van der Waals surface area contributed by atoms with E-state index in [-0.39, 0.29) is 0 Å². The molecule has 1 N–H and O–H groups in total. The molecule has 0 saturated carbocycles. The molecular formula is C9H14N2O. The van der Waals surface area contributed by atoms with Crippen molar-refractivity contribution in [2.24, 2.45) is 0 Å². The minimum Gasteiger partial charge on any atom is -0.361 e. The predicted molar refractivity (Wildman–Crippen MR) is 46.1 cm³/mol. The smallest absolute Gasteiger partial charge is 0.144 e. The fraction of sp³-hybridized carbons (Fsp3) is 0.667. The van der Waals surface area contributed by atoms with E-state index in [1.807, 2.05) is 6.20 Å². The van der Waals surface area contributed by atoms with Gasteiger partial charge >= 0.3 is 0 Å². The van der Waals surface area contributed by atoms with Gasteiger partial charge in [-0.05, 0) is 19.4 Å². The Hall–Kier alpha value is -0.830. The van der Waals surface area contributed by atoms with Gasteiger partial charge in [-0.3, -0.25) is 0 Å². The highest BCUT2D eigenvalue weighted by Crippen LogP contribution is 2.25. The molecule has 3 nitrogen and oxygen atoms in total. The normalized spacial score (nSPS) is 23.2. The van der Waals surface area contributed by atoms with Crippen molar-refractivity contribution in [1.82, 2.24) is 10.5 Å². The summed E-state index contributed by atoms with van der Waals surface area (Å²) >= 11 is 0. The van der Waals surface area contributed by atoms with Crippen molar-refractivity contribution < 1.29 is 4.52 Å². The van der Waals surface area contributed by atoms with Crippen LogP contribution in [0, 0.1) is 0 Å². The van der Waals surface area contributed by atoms with Gasteiger partial charge in [-0.2, -0.15) is 0 Å². The highest BCUT2D eigenvalue weighted by molar-refractivity contribution is 5.18. The predicted octanol–water partition coefficient (Wildman–Crippen LogP) is 1.31. The molecule has 0 spiro atoms. The number of nitrogens with zero attached hydrogens (tertiary/aromatic N) is 1. The summed E-state index contributed by atoms with van der Waals surface area (Å²) in [5.41, 5.74) is 1.27. The molecular weight excluding hydrogens is 152 g/mol. The van der Waals surface area contributed by atoms with Crippen molar-refractivity contribution >= 4 is 0 Å². The van der Waals surface area contributed by atoms with Gasteiger partial charge in [0.1, 0.15) is 5.76 Å². The van der Waals surface area contributed by atoms with Crippen molar-refractivity contribution in [1.29, 1.82) is 0 Å². The average Bonchev–Trinajstić information content (AvgIpc) is 2.74. The van der Waals surface area contributed by atoms with Crippen LogP contribution in [-0.4, -0.2) is 18.2 Å². The van der Waals surface area contributed by atoms with Gasteiger partial charge in [-0.15, -0.1) is 0 Å². The second-order valence-electron chi connectivity index (χ2n) is 3.26. The zero-order valence-corrected chi connectivity index (χ0v) is 7.34. The van der Waals surface area contributed by atoms with Gasteiger partial charge in [0.15, 0.2) is 0 Å². The highest BCUT2D eigenvalue weighted by atomic mass is 16.5. The first-order chi connectivity index (χ1) is 5.92. The summed E-state index contributed by atoms with van der Waals surface area (Å²) in [7, 11) is 0. The fourth-order valence-corrected chi connectivity index (χ4v) is 1.75. The van der Waals surface area contributed by atoms with Crippen molar-refractivity contribution in [3.8, 4) is 0 Å². The van der Waals surface area contributed by atoms with Gasteiger partial charge < -0.3 is 9.84 Å². The van der Waals surface area contributed by atoms with Gasteiger partial charge in [0.05, 0.1) is 6.20 Å². The van der Waals surface area contributed by atoms with E-state index in [0.717, 1.165) is 25.3 Å². The molecule has 2 heterocycles. The van der Waals surface area contributed by atoms with Crippen molar-refractivity contribution in [3.63, 3.8) is 0 Å². The van der Waals surface area contributed by atoms with E-state index in [2.05, 4.69) is 17.4 Å². The summed E-state index contributed by atoms with van der Waals surface area (Å²) in [6.07, 6.45) is 4.05. The minimum atomic E-state index is 0.558. The van der Waals surface area contributed by atoms with Crippen LogP contribution in [0.15, 0.2) is 10.7 Å². The van der Waals surface area contributed by atoms with Crippen LogP contribution in [0.4, 0.5) is 0 Å². The fourth-order valence-electron chi connectivity index (χ4n) is 1.75. The van der Waals surface area contributed by atoms with Gasteiger partial charge in [0.2, 0.25) is 0 Å². The maximum atomic E-state index is 5.25. The molecule has 1 unspecified atom stereocenters. The number of hydrogen-bond donors (Lipinski definition) is 1. The van der Waals surface area contributed by atoms with E-state index in [1.54, 1.807) is 0 Å². The van der Waals surface area contributed by atoms with E-state index in [1.165, 1.54) is 12.0 Å². The summed E-state index contributed by atoms with van der Waals surface area (Å²) in [5.74, 6) is 1.66. The molecule has 1 saturated heterocycles. The monoisotopic (exact) mass is 166 g/mol. The van der Waals surface area contributed by atoms with Crippen LogP contribution in [-0.2, 0) is 6.42 Å². The lowest BCUT2D eigenvalue weighted by Gasteiger charge is -2.04. The molecule has 0 aliphatic carbocycles. The third kappa shape index (κ3) is 1.25. The first kappa shape index (κ1) is 7.80. The van der Waals surface area contributed by atoms with Gasteiger partial charge in [0.25, 0.3) is 0 Å². The third-order valence-corrected chi connectivity index (χ3v) is 2.49. The van der Waals surface area contributed by atoms with Crippen LogP contribution in [0.2, 0.25) is 0 Å². The molecule has 66 valence electrons. The Bertz CT molecular complexity index is 251. The molecule has 1 aromatic heterocycles. The van der Waals surface area contributed by atoms with Gasteiger partial charge in [-0.1, -0.05) is 12.1 Å². The lowest BCUT2D eigenvalue weighted by molar-refractivity contribution is 0.363. The Labute approximate surface area is 72.1 Å². The molecule has 2 rings (SSSR count). The van der Waals surface area contributed by atoms with Gasteiger partial charge in [-0.25, -0.2) is 0 Å². The molecule has 1 aliphatic heterocycles. The Morgan fingerprint density at radius 3 is 3.33 bits per heavy atom. The van der Waals surface area contributed by atoms with Crippen LogP contribution < -0.4 is 5.32 Å². The van der Waals surface area contributed by atoms with E-state index < -0.39 is 0 Å². The quantitative estimate of drug-likeness (QED) is 0.720. The molecule has 1 atom stereocenters. The van der Waals surface area contributed by atoms with Crippen LogP contribution in [0.1, 0.15) is 30.6 Å². The third-order valence-electron chi connectivity index (χ3n) is 2.49. The number of rotatable bonds is 2. The molecule has 0 radical (unpaired) electrons. The molecule has 1 aromatic rings. The zero-order chi connectivity index (χ0) is 8.39. The summed E-state index contributed by atoms with van der Waals surface area (Å²) < 4.78 is 5.25. The van der Waals surface area contributed by atoms with Crippen LogP contribution in [0.5, 0.6) is 0 Å². The molecule has 0 bridgehead atoms. The molecule has 1 aliphatic rings. The molecule has 0 aromatic carbocycles. The first-order valence-electron chi connectivity index (χ1n) is 4.56. The first-order valence-corrected chi connectivity index (χ1v) is 4.56. The Morgan fingerprint density at radius 2 is 2.67 bits per heavy atom. The largest absolute Gasteiger partial charge is 0.361 e. The van der Waals surface area contributed by atoms with Crippen LogP contribution in [0.25, 0.3) is 0 Å². The van der Waals surface area contributed by atoms with Crippen molar-refractivity contribution in [3.05, 3.63) is 17.5 Å². The number of aromatic nitrogens is 1. The maximum Gasteiger partial charge on any atom is 0.144 e. The molecule has 0 amide bonds. The van der Waals surface area contributed by atoms with E-state index in [9.17, 15) is 0 Å².